The minimum Gasteiger partial charge on any atom is -0.319 e. The van der Waals surface area contributed by atoms with Gasteiger partial charge in [-0.15, -0.1) is 0 Å². The highest BCUT2D eigenvalue weighted by molar-refractivity contribution is 6.07. The first kappa shape index (κ1) is 18.4. The number of hydrogen-bond acceptors (Lipinski definition) is 5. The molecule has 144 valence electrons. The Kier molecular flexibility index (Phi) is 4.78. The molecule has 0 radical (unpaired) electrons. The zero-order valence-electron chi connectivity index (χ0n) is 14.8. The predicted molar refractivity (Wildman–Crippen MR) is 103 cm³/mol. The summed E-state index contributed by atoms with van der Waals surface area (Å²) in [6.07, 6.45) is 1.37. The Morgan fingerprint density at radius 3 is 2.66 bits per heavy atom. The Balaban J connectivity index is 1.84. The smallest absolute Gasteiger partial charge is 0.275 e. The molecule has 2 aromatic carbocycles. The third-order valence-electron chi connectivity index (χ3n) is 4.23. The van der Waals surface area contributed by atoms with E-state index in [0.717, 1.165) is 0 Å². The van der Waals surface area contributed by atoms with E-state index in [1.54, 1.807) is 18.2 Å². The Morgan fingerprint density at radius 2 is 1.90 bits per heavy atom. The quantitative estimate of drug-likeness (QED) is 0.552. The highest BCUT2D eigenvalue weighted by atomic mass is 19.3. The fraction of sp³-hybridized carbons (Fsp3) is 0.0500. The number of nitrogens with one attached hydrogen (secondary N) is 2. The molecule has 0 bridgehead atoms. The average Bonchev–Trinajstić information content (AvgIpc) is 2.74. The second-order valence-electron chi connectivity index (χ2n) is 6.05. The molecule has 29 heavy (non-hydrogen) atoms. The molecule has 0 aliphatic carbocycles. The molecule has 9 heteroatoms. The topological polar surface area (TPSA) is 101 Å². The van der Waals surface area contributed by atoms with Gasteiger partial charge in [-0.25, -0.2) is 18.7 Å². The van der Waals surface area contributed by atoms with E-state index in [1.807, 2.05) is 0 Å². The summed E-state index contributed by atoms with van der Waals surface area (Å²) in [5.74, 6) is -0.554. The molecule has 2 N–H and O–H groups in total. The molecule has 0 saturated heterocycles. The molecule has 7 nitrogen and oxygen atoms in total. The fourth-order valence-electron chi connectivity index (χ4n) is 2.90. The first-order valence-electron chi connectivity index (χ1n) is 8.52. The second kappa shape index (κ2) is 7.55. The van der Waals surface area contributed by atoms with Gasteiger partial charge in [-0.2, -0.15) is 0 Å². The summed E-state index contributed by atoms with van der Waals surface area (Å²) in [5, 5.41) is 2.85. The van der Waals surface area contributed by atoms with E-state index in [0.29, 0.717) is 0 Å². The number of rotatable bonds is 4. The molecule has 0 fully saturated rings. The lowest BCUT2D eigenvalue weighted by Crippen LogP contribution is -2.16. The van der Waals surface area contributed by atoms with Crippen LogP contribution in [0.15, 0.2) is 65.8 Å². The number of carbonyl (C=O) groups is 1. The lowest BCUT2D eigenvalue weighted by atomic mass is 10.1. The Bertz CT molecular complexity index is 1260. The monoisotopic (exact) mass is 393 g/mol. The summed E-state index contributed by atoms with van der Waals surface area (Å²) < 4.78 is 26.8. The maximum absolute atomic E-state index is 13.4. The van der Waals surface area contributed by atoms with Gasteiger partial charge in [0.1, 0.15) is 17.0 Å². The van der Waals surface area contributed by atoms with Gasteiger partial charge in [-0.3, -0.25) is 14.6 Å². The van der Waals surface area contributed by atoms with Gasteiger partial charge >= 0.3 is 0 Å². The summed E-state index contributed by atoms with van der Waals surface area (Å²) in [5.41, 5.74) is -0.150. The highest BCUT2D eigenvalue weighted by Crippen LogP contribution is 2.30. The number of H-pyrrole nitrogens is 1. The van der Waals surface area contributed by atoms with Crippen molar-refractivity contribution in [1.82, 2.24) is 19.9 Å². The van der Waals surface area contributed by atoms with Crippen LogP contribution in [0.3, 0.4) is 0 Å². The Hall–Kier alpha value is -4.01. The molecule has 2 aromatic heterocycles. The van der Waals surface area contributed by atoms with Crippen molar-refractivity contribution >= 4 is 22.5 Å². The van der Waals surface area contributed by atoms with E-state index < -0.39 is 17.9 Å². The SMILES string of the molecule is O=C(Nc1cccc2c(=O)[nH]c(-c3ccccc3C(F)F)nc12)c1cnccn1. The molecule has 0 saturated carbocycles. The first-order chi connectivity index (χ1) is 14.0. The number of halogens is 2. The molecular weight excluding hydrogens is 380 g/mol. The third-order valence-corrected chi connectivity index (χ3v) is 4.23. The number of alkyl halides is 2. The number of fused-ring (bicyclic) bond motifs is 1. The fourth-order valence-corrected chi connectivity index (χ4v) is 2.90. The highest BCUT2D eigenvalue weighted by Gasteiger charge is 2.18. The molecular formula is C20H13F2N5O2. The van der Waals surface area contributed by atoms with Crippen molar-refractivity contribution in [2.24, 2.45) is 0 Å². The van der Waals surface area contributed by atoms with Gasteiger partial charge in [0.25, 0.3) is 17.9 Å². The van der Waals surface area contributed by atoms with Crippen LogP contribution < -0.4 is 10.9 Å². The molecule has 0 aliphatic heterocycles. The molecule has 0 unspecified atom stereocenters. The number of hydrogen-bond donors (Lipinski definition) is 2. The molecule has 4 rings (SSSR count). The van der Waals surface area contributed by atoms with Crippen LogP contribution in [0.2, 0.25) is 0 Å². The van der Waals surface area contributed by atoms with Crippen LogP contribution in [-0.4, -0.2) is 25.8 Å². The van der Waals surface area contributed by atoms with Crippen molar-refractivity contribution in [2.75, 3.05) is 5.32 Å². The molecule has 1 amide bonds. The Morgan fingerprint density at radius 1 is 1.07 bits per heavy atom. The van der Waals surface area contributed by atoms with Gasteiger partial charge < -0.3 is 10.3 Å². The number of amides is 1. The van der Waals surface area contributed by atoms with Gasteiger partial charge in [0.15, 0.2) is 0 Å². The van der Waals surface area contributed by atoms with Crippen molar-refractivity contribution in [1.29, 1.82) is 0 Å². The first-order valence-corrected chi connectivity index (χ1v) is 8.52. The van der Waals surface area contributed by atoms with E-state index in [-0.39, 0.29) is 39.2 Å². The molecule has 4 aromatic rings. The average molecular weight is 393 g/mol. The molecule has 0 atom stereocenters. The normalized spacial score (nSPS) is 11.0. The summed E-state index contributed by atoms with van der Waals surface area (Å²) in [6, 6.07) is 10.5. The van der Waals surface area contributed by atoms with Crippen molar-refractivity contribution in [3.05, 3.63) is 82.7 Å². The number of carbonyl (C=O) groups excluding carboxylic acids is 1. The van der Waals surface area contributed by atoms with Crippen molar-refractivity contribution < 1.29 is 13.6 Å². The third kappa shape index (κ3) is 3.57. The van der Waals surface area contributed by atoms with Crippen molar-refractivity contribution in [2.45, 2.75) is 6.43 Å². The number of para-hydroxylation sites is 1. The lowest BCUT2D eigenvalue weighted by molar-refractivity contribution is 0.102. The summed E-state index contributed by atoms with van der Waals surface area (Å²) >= 11 is 0. The van der Waals surface area contributed by atoms with E-state index >= 15 is 0 Å². The minimum atomic E-state index is -2.74. The maximum atomic E-state index is 13.4. The van der Waals surface area contributed by atoms with Crippen molar-refractivity contribution in [3.8, 4) is 11.4 Å². The summed E-state index contributed by atoms with van der Waals surface area (Å²) in [4.78, 5) is 39.6. The van der Waals surface area contributed by atoms with Gasteiger partial charge in [-0.05, 0) is 12.1 Å². The lowest BCUT2D eigenvalue weighted by Gasteiger charge is -2.11. The van der Waals surface area contributed by atoms with Crippen LogP contribution in [0.4, 0.5) is 14.5 Å². The van der Waals surface area contributed by atoms with Gasteiger partial charge in [-0.1, -0.05) is 30.3 Å². The second-order valence-corrected chi connectivity index (χ2v) is 6.05. The molecule has 0 spiro atoms. The van der Waals surface area contributed by atoms with Crippen molar-refractivity contribution in [3.63, 3.8) is 0 Å². The van der Waals surface area contributed by atoms with Crippen LogP contribution in [0, 0.1) is 0 Å². The molecule has 0 aliphatic rings. The van der Waals surface area contributed by atoms with Crippen LogP contribution in [0.25, 0.3) is 22.3 Å². The maximum Gasteiger partial charge on any atom is 0.275 e. The van der Waals surface area contributed by atoms with E-state index in [9.17, 15) is 18.4 Å². The van der Waals surface area contributed by atoms with Crippen LogP contribution in [0.5, 0.6) is 0 Å². The largest absolute Gasteiger partial charge is 0.319 e. The van der Waals surface area contributed by atoms with E-state index in [4.69, 9.17) is 0 Å². The number of aromatic nitrogens is 4. The van der Waals surface area contributed by atoms with Gasteiger partial charge in [0.2, 0.25) is 0 Å². The van der Waals surface area contributed by atoms with Gasteiger partial charge in [0, 0.05) is 23.5 Å². The summed E-state index contributed by atoms with van der Waals surface area (Å²) in [7, 11) is 0. The molecule has 2 heterocycles. The van der Waals surface area contributed by atoms with Crippen LogP contribution in [0.1, 0.15) is 22.5 Å². The number of benzene rings is 2. The van der Waals surface area contributed by atoms with E-state index in [1.165, 1.54) is 42.9 Å². The minimum absolute atomic E-state index is 0.0143. The predicted octanol–water partition coefficient (Wildman–Crippen LogP) is 3.57. The number of anilines is 1. The number of nitrogens with zero attached hydrogens (tertiary/aromatic N) is 3. The van der Waals surface area contributed by atoms with Crippen LogP contribution >= 0.6 is 0 Å². The standard InChI is InChI=1S/C20H13F2N5O2/c21-17(22)11-4-1-2-5-12(11)18-26-16-13(19(28)27-18)6-3-7-14(16)25-20(29)15-10-23-8-9-24-15/h1-10,17H,(H,25,29)(H,26,27,28). The van der Waals surface area contributed by atoms with Crippen LogP contribution in [-0.2, 0) is 0 Å². The van der Waals surface area contributed by atoms with E-state index in [2.05, 4.69) is 25.3 Å². The summed E-state index contributed by atoms with van der Waals surface area (Å²) in [6.45, 7) is 0. The zero-order valence-corrected chi connectivity index (χ0v) is 14.8. The number of aromatic amines is 1. The Labute approximate surface area is 162 Å². The zero-order chi connectivity index (χ0) is 20.4. The van der Waals surface area contributed by atoms with Gasteiger partial charge in [0.05, 0.1) is 17.3 Å².